The number of ketones is 1. The molecule has 4 heteroatoms. The topological polar surface area (TPSA) is 60.9 Å². The van der Waals surface area contributed by atoms with Crippen LogP contribution in [0.25, 0.3) is 0 Å². The molecule has 19 heavy (non-hydrogen) atoms. The van der Waals surface area contributed by atoms with E-state index in [2.05, 4.69) is 5.10 Å². The monoisotopic (exact) mass is 257 g/mol. The number of carbonyl (C=O) groups excluding carboxylic acids is 1. The molecule has 2 rings (SSSR count). The van der Waals surface area contributed by atoms with Crippen molar-refractivity contribution in [1.82, 2.24) is 9.78 Å². The Kier molecular flexibility index (Phi) is 4.00. The van der Waals surface area contributed by atoms with E-state index >= 15 is 0 Å². The first-order chi connectivity index (χ1) is 9.08. The molecule has 0 fully saturated rings. The highest BCUT2D eigenvalue weighted by atomic mass is 16.1. The van der Waals surface area contributed by atoms with E-state index in [9.17, 15) is 4.79 Å². The molecule has 0 saturated carbocycles. The average Bonchev–Trinajstić information content (AvgIpc) is 2.69. The summed E-state index contributed by atoms with van der Waals surface area (Å²) in [6.07, 6.45) is 0.836. The fraction of sp³-hybridized carbons (Fsp3) is 0.333. The van der Waals surface area contributed by atoms with Gasteiger partial charge in [0.25, 0.3) is 0 Å². The van der Waals surface area contributed by atoms with Crippen LogP contribution in [0.3, 0.4) is 0 Å². The zero-order valence-corrected chi connectivity index (χ0v) is 11.4. The molecule has 0 amide bonds. The number of nitrogens with zero attached hydrogens (tertiary/aromatic N) is 2. The number of nitrogen functional groups attached to an aromatic ring is 1. The van der Waals surface area contributed by atoms with Gasteiger partial charge < -0.3 is 5.73 Å². The Morgan fingerprint density at radius 3 is 2.79 bits per heavy atom. The van der Waals surface area contributed by atoms with Gasteiger partial charge in [0.15, 0.2) is 0 Å². The van der Waals surface area contributed by atoms with E-state index in [0.717, 1.165) is 23.5 Å². The highest BCUT2D eigenvalue weighted by molar-refractivity contribution is 5.83. The van der Waals surface area contributed by atoms with Crippen LogP contribution in [-0.4, -0.2) is 15.6 Å². The maximum Gasteiger partial charge on any atom is 0.143 e. The molecule has 0 aliphatic heterocycles. The van der Waals surface area contributed by atoms with E-state index in [1.54, 1.807) is 0 Å². The van der Waals surface area contributed by atoms with Crippen molar-refractivity contribution in [2.75, 3.05) is 5.73 Å². The lowest BCUT2D eigenvalue weighted by molar-refractivity contribution is -0.117. The number of rotatable bonds is 5. The molecular weight excluding hydrogens is 238 g/mol. The van der Waals surface area contributed by atoms with Gasteiger partial charge in [-0.25, -0.2) is 0 Å². The van der Waals surface area contributed by atoms with Gasteiger partial charge in [-0.05, 0) is 37.6 Å². The molecule has 0 atom stereocenters. The molecule has 0 aliphatic carbocycles. The van der Waals surface area contributed by atoms with Gasteiger partial charge in [-0.2, -0.15) is 5.10 Å². The quantitative estimate of drug-likeness (QED) is 0.835. The van der Waals surface area contributed by atoms with Crippen molar-refractivity contribution in [3.63, 3.8) is 0 Å². The van der Waals surface area contributed by atoms with Crippen LogP contribution >= 0.6 is 0 Å². The van der Waals surface area contributed by atoms with E-state index in [1.807, 2.05) is 48.9 Å². The standard InChI is InChI=1S/C15H19N3O/c1-3-18-14(7-11(2)17-18)10-15(19)9-12-5-4-6-13(16)8-12/h4-8H,3,9-10,16H2,1-2H3. The van der Waals surface area contributed by atoms with E-state index in [0.29, 0.717) is 18.5 Å². The summed E-state index contributed by atoms with van der Waals surface area (Å²) in [5.74, 6) is 0.181. The van der Waals surface area contributed by atoms with Crippen LogP contribution in [0.5, 0.6) is 0 Å². The summed E-state index contributed by atoms with van der Waals surface area (Å²) >= 11 is 0. The summed E-state index contributed by atoms with van der Waals surface area (Å²) in [6, 6.07) is 9.44. The molecule has 2 N–H and O–H groups in total. The van der Waals surface area contributed by atoms with Crippen LogP contribution in [0.2, 0.25) is 0 Å². The Morgan fingerprint density at radius 2 is 2.11 bits per heavy atom. The number of benzene rings is 1. The van der Waals surface area contributed by atoms with Gasteiger partial charge >= 0.3 is 0 Å². The van der Waals surface area contributed by atoms with Crippen molar-refractivity contribution in [2.24, 2.45) is 0 Å². The summed E-state index contributed by atoms with van der Waals surface area (Å²) in [6.45, 7) is 4.76. The largest absolute Gasteiger partial charge is 0.399 e. The van der Waals surface area contributed by atoms with Crippen molar-refractivity contribution in [1.29, 1.82) is 0 Å². The van der Waals surface area contributed by atoms with Crippen molar-refractivity contribution in [2.45, 2.75) is 33.2 Å². The molecule has 0 radical (unpaired) electrons. The van der Waals surface area contributed by atoms with Gasteiger partial charge in [-0.1, -0.05) is 12.1 Å². The fourth-order valence-electron chi connectivity index (χ4n) is 2.21. The summed E-state index contributed by atoms with van der Waals surface area (Å²) in [4.78, 5) is 12.1. The third-order valence-electron chi connectivity index (χ3n) is 3.02. The Bertz CT molecular complexity index is 587. The molecule has 100 valence electrons. The average molecular weight is 257 g/mol. The van der Waals surface area contributed by atoms with Gasteiger partial charge in [0.05, 0.1) is 5.69 Å². The SMILES string of the molecule is CCn1nc(C)cc1CC(=O)Cc1cccc(N)c1. The number of hydrogen-bond acceptors (Lipinski definition) is 3. The molecule has 0 spiro atoms. The Balaban J connectivity index is 2.05. The first kappa shape index (κ1) is 13.3. The van der Waals surface area contributed by atoms with E-state index in [-0.39, 0.29) is 5.78 Å². The van der Waals surface area contributed by atoms with Crippen LogP contribution in [0.1, 0.15) is 23.9 Å². The number of hydrogen-bond donors (Lipinski definition) is 1. The maximum absolute atomic E-state index is 12.1. The molecule has 0 bridgehead atoms. The predicted molar refractivity (Wildman–Crippen MR) is 75.9 cm³/mol. The molecule has 1 aromatic carbocycles. The van der Waals surface area contributed by atoms with Crippen molar-refractivity contribution in [3.8, 4) is 0 Å². The molecule has 4 nitrogen and oxygen atoms in total. The molecule has 0 unspecified atom stereocenters. The lowest BCUT2D eigenvalue weighted by Gasteiger charge is -2.05. The summed E-state index contributed by atoms with van der Waals surface area (Å²) in [5.41, 5.74) is 9.30. The number of aromatic nitrogens is 2. The van der Waals surface area contributed by atoms with E-state index in [1.165, 1.54) is 0 Å². The zero-order valence-electron chi connectivity index (χ0n) is 11.4. The van der Waals surface area contributed by atoms with Gasteiger partial charge in [-0.15, -0.1) is 0 Å². The van der Waals surface area contributed by atoms with Crippen molar-refractivity contribution >= 4 is 11.5 Å². The third kappa shape index (κ3) is 3.44. The number of anilines is 1. The predicted octanol–water partition coefficient (Wildman–Crippen LogP) is 2.15. The maximum atomic E-state index is 12.1. The van der Waals surface area contributed by atoms with Gasteiger partial charge in [0, 0.05) is 30.8 Å². The Morgan fingerprint density at radius 1 is 1.32 bits per heavy atom. The minimum atomic E-state index is 0.181. The fourth-order valence-corrected chi connectivity index (χ4v) is 2.21. The van der Waals surface area contributed by atoms with Gasteiger partial charge in [0.1, 0.15) is 5.78 Å². The lowest BCUT2D eigenvalue weighted by atomic mass is 10.1. The second-order valence-electron chi connectivity index (χ2n) is 4.73. The third-order valence-corrected chi connectivity index (χ3v) is 3.02. The lowest BCUT2D eigenvalue weighted by Crippen LogP contribution is -2.11. The van der Waals surface area contributed by atoms with Gasteiger partial charge in [0.2, 0.25) is 0 Å². The van der Waals surface area contributed by atoms with Crippen LogP contribution in [0.4, 0.5) is 5.69 Å². The molecule has 2 aromatic rings. The number of aryl methyl sites for hydroxylation is 2. The zero-order chi connectivity index (χ0) is 13.8. The van der Waals surface area contributed by atoms with Crippen LogP contribution in [0.15, 0.2) is 30.3 Å². The van der Waals surface area contributed by atoms with Crippen molar-refractivity contribution in [3.05, 3.63) is 47.3 Å². The number of Topliss-reactive ketones (excluding diaryl/α,β-unsaturated/α-hetero) is 1. The molecule has 1 aromatic heterocycles. The highest BCUT2D eigenvalue weighted by Crippen LogP contribution is 2.10. The smallest absolute Gasteiger partial charge is 0.143 e. The summed E-state index contributed by atoms with van der Waals surface area (Å²) in [7, 11) is 0. The molecule has 0 aliphatic rings. The molecule has 0 saturated heterocycles. The van der Waals surface area contributed by atoms with Gasteiger partial charge in [-0.3, -0.25) is 9.48 Å². The van der Waals surface area contributed by atoms with E-state index < -0.39 is 0 Å². The van der Waals surface area contributed by atoms with Crippen LogP contribution in [0, 0.1) is 6.92 Å². The number of carbonyl (C=O) groups is 1. The van der Waals surface area contributed by atoms with E-state index in [4.69, 9.17) is 5.73 Å². The Hall–Kier alpha value is -2.10. The normalized spacial score (nSPS) is 10.6. The minimum absolute atomic E-state index is 0.181. The summed E-state index contributed by atoms with van der Waals surface area (Å²) < 4.78 is 1.88. The van der Waals surface area contributed by atoms with Crippen molar-refractivity contribution < 1.29 is 4.79 Å². The highest BCUT2D eigenvalue weighted by Gasteiger charge is 2.10. The first-order valence-corrected chi connectivity index (χ1v) is 6.48. The van der Waals surface area contributed by atoms with Crippen LogP contribution in [-0.2, 0) is 24.2 Å². The molecule has 1 heterocycles. The summed E-state index contributed by atoms with van der Waals surface area (Å²) in [5, 5.41) is 4.35. The van der Waals surface area contributed by atoms with Crippen LogP contribution < -0.4 is 5.73 Å². The Labute approximate surface area is 113 Å². The second-order valence-corrected chi connectivity index (χ2v) is 4.73. The minimum Gasteiger partial charge on any atom is -0.399 e. The number of nitrogens with two attached hydrogens (primary N) is 1. The first-order valence-electron chi connectivity index (χ1n) is 6.48. The molecular formula is C15H19N3O. The second kappa shape index (κ2) is 5.69.